The van der Waals surface area contributed by atoms with Gasteiger partial charge in [-0.25, -0.2) is 4.98 Å². The first-order chi connectivity index (χ1) is 13.7. The quantitative estimate of drug-likeness (QED) is 0.644. The summed E-state index contributed by atoms with van der Waals surface area (Å²) in [7, 11) is 1.62. The average Bonchev–Trinajstić information content (AvgIpc) is 3.39. The molecule has 4 rings (SSSR count). The number of methoxy groups -OCH3 is 1. The lowest BCUT2D eigenvalue weighted by molar-refractivity contribution is -0.132. The fourth-order valence-electron chi connectivity index (χ4n) is 3.18. The van der Waals surface area contributed by atoms with Crippen molar-refractivity contribution in [3.05, 3.63) is 40.6 Å². The van der Waals surface area contributed by atoms with Gasteiger partial charge < -0.3 is 14.5 Å². The van der Waals surface area contributed by atoms with E-state index in [1.165, 1.54) is 0 Å². The molecular weight excluding hydrogens is 396 g/mol. The number of nitrogens with zero attached hydrogens (tertiary/aromatic N) is 5. The number of hydrogen-bond donors (Lipinski definition) is 1. The Kier molecular flexibility index (Phi) is 5.40. The van der Waals surface area contributed by atoms with Crippen molar-refractivity contribution in [3.8, 4) is 17.1 Å². The zero-order chi connectivity index (χ0) is 19.5. The maximum Gasteiger partial charge on any atom is 0.242 e. The van der Waals surface area contributed by atoms with E-state index < -0.39 is 0 Å². The normalized spacial score (nSPS) is 14.3. The van der Waals surface area contributed by atoms with Crippen molar-refractivity contribution >= 4 is 34.6 Å². The van der Waals surface area contributed by atoms with Crippen molar-refractivity contribution in [2.45, 2.75) is 6.54 Å². The number of hydrogen-bond acceptors (Lipinski definition) is 7. The number of rotatable bonds is 5. The molecule has 146 valence electrons. The van der Waals surface area contributed by atoms with Crippen LogP contribution in [0.4, 0.5) is 5.13 Å². The van der Waals surface area contributed by atoms with Crippen LogP contribution in [0.2, 0.25) is 0 Å². The van der Waals surface area contributed by atoms with Gasteiger partial charge in [0.1, 0.15) is 12.3 Å². The number of amides is 1. The molecule has 0 bridgehead atoms. The molecule has 28 heavy (non-hydrogen) atoms. The van der Waals surface area contributed by atoms with Crippen LogP contribution in [-0.4, -0.2) is 63.8 Å². The molecule has 0 unspecified atom stereocenters. The highest BCUT2D eigenvalue weighted by atomic mass is 32.1. The van der Waals surface area contributed by atoms with E-state index in [4.69, 9.17) is 17.0 Å². The third-order valence-electron chi connectivity index (χ3n) is 4.72. The van der Waals surface area contributed by atoms with Gasteiger partial charge in [-0.3, -0.25) is 14.5 Å². The third-order valence-corrected chi connectivity index (χ3v) is 5.87. The molecule has 0 aliphatic carbocycles. The Bertz CT molecular complexity index is 988. The van der Waals surface area contributed by atoms with Crippen LogP contribution < -0.4 is 9.64 Å². The summed E-state index contributed by atoms with van der Waals surface area (Å²) >= 11 is 6.97. The second-order valence-electron chi connectivity index (χ2n) is 6.35. The number of thiazole rings is 1. The molecule has 1 fully saturated rings. The molecule has 1 aromatic carbocycles. The van der Waals surface area contributed by atoms with Crippen LogP contribution >= 0.6 is 23.6 Å². The number of piperazine rings is 1. The highest BCUT2D eigenvalue weighted by molar-refractivity contribution is 7.71. The highest BCUT2D eigenvalue weighted by Crippen LogP contribution is 2.22. The second kappa shape index (κ2) is 8.11. The summed E-state index contributed by atoms with van der Waals surface area (Å²) in [5, 5.41) is 10.1. The number of carbonyl (C=O) groups is 1. The fourth-order valence-corrected chi connectivity index (χ4v) is 4.07. The number of aromatic amines is 1. The van der Waals surface area contributed by atoms with Gasteiger partial charge in [0, 0.05) is 43.3 Å². The van der Waals surface area contributed by atoms with Crippen molar-refractivity contribution in [1.82, 2.24) is 24.6 Å². The van der Waals surface area contributed by atoms with E-state index in [9.17, 15) is 4.79 Å². The van der Waals surface area contributed by atoms with Gasteiger partial charge in [-0.15, -0.1) is 11.3 Å². The molecule has 0 atom stereocenters. The number of benzene rings is 1. The molecular formula is C18H20N6O2S2. The molecule has 1 N–H and O–H groups in total. The van der Waals surface area contributed by atoms with E-state index in [0.29, 0.717) is 23.7 Å². The highest BCUT2D eigenvalue weighted by Gasteiger charge is 2.23. The lowest BCUT2D eigenvalue weighted by Crippen LogP contribution is -2.49. The largest absolute Gasteiger partial charge is 0.497 e. The number of nitrogens with one attached hydrogen (secondary N) is 1. The molecule has 8 nitrogen and oxygen atoms in total. The Hall–Kier alpha value is -2.72. The predicted octanol–water partition coefficient (Wildman–Crippen LogP) is 2.42. The van der Waals surface area contributed by atoms with E-state index in [-0.39, 0.29) is 12.5 Å². The van der Waals surface area contributed by atoms with Gasteiger partial charge in [-0.1, -0.05) is 0 Å². The molecule has 0 spiro atoms. The van der Waals surface area contributed by atoms with Crippen molar-refractivity contribution in [3.63, 3.8) is 0 Å². The van der Waals surface area contributed by atoms with E-state index >= 15 is 0 Å². The SMILES string of the molecule is COc1ccc(-c2n[nH]c(=S)n2CC(=O)N2CCN(c3nccs3)CC2)cc1. The fraction of sp³-hybridized carbons (Fsp3) is 0.333. The molecule has 2 aromatic heterocycles. The Morgan fingerprint density at radius 2 is 2.00 bits per heavy atom. The number of carbonyl (C=O) groups excluding carboxylic acids is 1. The van der Waals surface area contributed by atoms with Gasteiger partial charge in [-0.2, -0.15) is 5.10 Å². The van der Waals surface area contributed by atoms with E-state index in [0.717, 1.165) is 29.5 Å². The van der Waals surface area contributed by atoms with E-state index in [2.05, 4.69) is 20.1 Å². The summed E-state index contributed by atoms with van der Waals surface area (Å²) < 4.78 is 7.37. The van der Waals surface area contributed by atoms with Crippen LogP contribution in [0.1, 0.15) is 0 Å². The molecule has 0 radical (unpaired) electrons. The van der Waals surface area contributed by atoms with Gasteiger partial charge >= 0.3 is 0 Å². The van der Waals surface area contributed by atoms with Crippen molar-refractivity contribution < 1.29 is 9.53 Å². The van der Waals surface area contributed by atoms with E-state index in [1.807, 2.05) is 34.5 Å². The molecule has 1 aliphatic rings. The van der Waals surface area contributed by atoms with Crippen LogP contribution in [0.25, 0.3) is 11.4 Å². The van der Waals surface area contributed by atoms with Gasteiger partial charge in [0.15, 0.2) is 15.7 Å². The molecule has 3 heterocycles. The minimum absolute atomic E-state index is 0.0334. The monoisotopic (exact) mass is 416 g/mol. The summed E-state index contributed by atoms with van der Waals surface area (Å²) in [6, 6.07) is 7.52. The standard InChI is InChI=1S/C18H20N6O2S2/c1-26-14-4-2-13(3-5-14)16-20-21-17(27)24(16)12-15(25)22-7-9-23(10-8-22)18-19-6-11-28-18/h2-6,11H,7-10,12H2,1H3,(H,21,27). The Morgan fingerprint density at radius 3 is 2.64 bits per heavy atom. The van der Waals surface area contributed by atoms with Crippen molar-refractivity contribution in [2.24, 2.45) is 0 Å². The van der Waals surface area contributed by atoms with Crippen LogP contribution in [0.15, 0.2) is 35.8 Å². The third kappa shape index (κ3) is 3.78. The Labute approximate surface area is 171 Å². The molecule has 1 amide bonds. The summed E-state index contributed by atoms with van der Waals surface area (Å²) in [6.07, 6.45) is 1.80. The number of H-pyrrole nitrogens is 1. The zero-order valence-electron chi connectivity index (χ0n) is 15.4. The Morgan fingerprint density at radius 1 is 1.25 bits per heavy atom. The Balaban J connectivity index is 1.45. The first-order valence-corrected chi connectivity index (χ1v) is 10.2. The van der Waals surface area contributed by atoms with Gasteiger partial charge in [0.2, 0.25) is 5.91 Å². The first-order valence-electron chi connectivity index (χ1n) is 8.87. The van der Waals surface area contributed by atoms with Crippen LogP contribution in [0.3, 0.4) is 0 Å². The maximum absolute atomic E-state index is 12.9. The first kappa shape index (κ1) is 18.6. The molecule has 1 saturated heterocycles. The van der Waals surface area contributed by atoms with Crippen LogP contribution in [-0.2, 0) is 11.3 Å². The smallest absolute Gasteiger partial charge is 0.242 e. The lowest BCUT2D eigenvalue weighted by Gasteiger charge is -2.34. The minimum atomic E-state index is 0.0334. The molecule has 0 saturated carbocycles. The summed E-state index contributed by atoms with van der Waals surface area (Å²) in [4.78, 5) is 21.3. The van der Waals surface area contributed by atoms with Crippen molar-refractivity contribution in [1.29, 1.82) is 0 Å². The van der Waals surface area contributed by atoms with Gasteiger partial charge in [0.25, 0.3) is 0 Å². The maximum atomic E-state index is 12.9. The molecule has 1 aliphatic heterocycles. The average molecular weight is 417 g/mol. The zero-order valence-corrected chi connectivity index (χ0v) is 17.0. The minimum Gasteiger partial charge on any atom is -0.497 e. The lowest BCUT2D eigenvalue weighted by atomic mass is 10.2. The molecule has 3 aromatic rings. The van der Waals surface area contributed by atoms with Crippen LogP contribution in [0, 0.1) is 4.77 Å². The summed E-state index contributed by atoms with van der Waals surface area (Å²) in [5.74, 6) is 1.44. The van der Waals surface area contributed by atoms with Gasteiger partial charge in [-0.05, 0) is 36.5 Å². The second-order valence-corrected chi connectivity index (χ2v) is 7.61. The topological polar surface area (TPSA) is 79.3 Å². The number of ether oxygens (including phenoxy) is 1. The van der Waals surface area contributed by atoms with Gasteiger partial charge in [0.05, 0.1) is 7.11 Å². The summed E-state index contributed by atoms with van der Waals surface area (Å²) in [6.45, 7) is 3.06. The number of anilines is 1. The summed E-state index contributed by atoms with van der Waals surface area (Å²) in [5.41, 5.74) is 0.870. The van der Waals surface area contributed by atoms with Crippen LogP contribution in [0.5, 0.6) is 5.75 Å². The van der Waals surface area contributed by atoms with Crippen molar-refractivity contribution in [2.75, 3.05) is 38.2 Å². The molecule has 10 heteroatoms. The van der Waals surface area contributed by atoms with E-state index in [1.54, 1.807) is 29.2 Å². The number of aromatic nitrogens is 4. The predicted molar refractivity (Wildman–Crippen MR) is 110 cm³/mol.